The van der Waals surface area contributed by atoms with Gasteiger partial charge in [0.15, 0.2) is 5.69 Å². The molecule has 1 heterocycles. The lowest BCUT2D eigenvalue weighted by molar-refractivity contribution is -0.0246. The second-order valence-electron chi connectivity index (χ2n) is 7.17. The molecule has 2 N–H and O–H groups in total. The molecule has 2 aliphatic rings. The van der Waals surface area contributed by atoms with E-state index < -0.39 is 0 Å². The number of hydrogen-bond acceptors (Lipinski definition) is 5. The van der Waals surface area contributed by atoms with Gasteiger partial charge in [0.1, 0.15) is 6.10 Å². The molecule has 0 amide bonds. The summed E-state index contributed by atoms with van der Waals surface area (Å²) in [5.74, 6) is 0.396. The van der Waals surface area contributed by atoms with Gasteiger partial charge < -0.3 is 10.5 Å². The van der Waals surface area contributed by atoms with Crippen molar-refractivity contribution in [3.63, 3.8) is 0 Å². The molecular formula is C16H24N2O2S. The van der Waals surface area contributed by atoms with Crippen molar-refractivity contribution in [2.24, 2.45) is 22.5 Å². The van der Waals surface area contributed by atoms with E-state index in [1.165, 1.54) is 17.8 Å². The molecule has 4 nitrogen and oxygen atoms in total. The number of thiazole rings is 1. The van der Waals surface area contributed by atoms with Crippen LogP contribution in [-0.2, 0) is 11.2 Å². The van der Waals surface area contributed by atoms with Crippen molar-refractivity contribution in [2.75, 3.05) is 6.54 Å². The number of esters is 1. The molecule has 0 spiro atoms. The molecule has 2 aliphatic carbocycles. The minimum Gasteiger partial charge on any atom is -0.457 e. The largest absolute Gasteiger partial charge is 0.457 e. The van der Waals surface area contributed by atoms with Gasteiger partial charge >= 0.3 is 5.97 Å². The molecule has 1 aromatic heterocycles. The lowest BCUT2D eigenvalue weighted by Crippen LogP contribution is -2.38. The Morgan fingerprint density at radius 3 is 2.86 bits per heavy atom. The van der Waals surface area contributed by atoms with Crippen LogP contribution in [-0.4, -0.2) is 23.6 Å². The van der Waals surface area contributed by atoms with E-state index in [1.807, 2.05) is 0 Å². The smallest absolute Gasteiger partial charge is 0.358 e. The Balaban J connectivity index is 1.71. The normalized spacial score (nSPS) is 33.3. The fourth-order valence-electron chi connectivity index (χ4n) is 4.14. The van der Waals surface area contributed by atoms with Crippen LogP contribution in [0, 0.1) is 16.7 Å². The first kappa shape index (κ1) is 15.0. The van der Waals surface area contributed by atoms with Crippen LogP contribution in [0.4, 0.5) is 0 Å². The maximum Gasteiger partial charge on any atom is 0.358 e. The van der Waals surface area contributed by atoms with Crippen LogP contribution in [0.1, 0.15) is 55.5 Å². The van der Waals surface area contributed by atoms with Crippen molar-refractivity contribution in [1.29, 1.82) is 0 Å². The molecule has 0 aromatic carbocycles. The molecule has 1 aromatic rings. The minimum atomic E-state index is -0.274. The van der Waals surface area contributed by atoms with Gasteiger partial charge in [-0.05, 0) is 37.1 Å². The zero-order chi connectivity index (χ0) is 15.3. The predicted octanol–water partition coefficient (Wildman–Crippen LogP) is 3.02. The van der Waals surface area contributed by atoms with Crippen molar-refractivity contribution in [2.45, 2.75) is 52.6 Å². The van der Waals surface area contributed by atoms with Crippen LogP contribution >= 0.6 is 11.3 Å². The van der Waals surface area contributed by atoms with Gasteiger partial charge in [-0.2, -0.15) is 0 Å². The standard InChI is InChI=1S/C16H24N2O2S/c1-15(2)10-4-6-16(15,3)12(8-10)20-14(19)11-9-21-13(18-11)5-7-17/h9-10,12H,4-8,17H2,1-3H3. The topological polar surface area (TPSA) is 65.2 Å². The Kier molecular flexibility index (Phi) is 3.61. The Hall–Kier alpha value is -0.940. The number of ether oxygens (including phenoxy) is 1. The lowest BCUT2D eigenvalue weighted by atomic mass is 9.70. The zero-order valence-corrected chi connectivity index (χ0v) is 13.8. The fraction of sp³-hybridized carbons (Fsp3) is 0.750. The summed E-state index contributed by atoms with van der Waals surface area (Å²) >= 11 is 1.48. The molecule has 2 bridgehead atoms. The molecule has 0 radical (unpaired) electrons. The highest BCUT2D eigenvalue weighted by Crippen LogP contribution is 2.66. The second-order valence-corrected chi connectivity index (χ2v) is 8.11. The predicted molar refractivity (Wildman–Crippen MR) is 83.3 cm³/mol. The summed E-state index contributed by atoms with van der Waals surface area (Å²) < 4.78 is 5.84. The molecule has 2 saturated carbocycles. The van der Waals surface area contributed by atoms with Gasteiger partial charge in [0.05, 0.1) is 5.01 Å². The number of carbonyl (C=O) groups is 1. The average molecular weight is 308 g/mol. The number of hydrogen-bond donors (Lipinski definition) is 1. The van der Waals surface area contributed by atoms with Crippen LogP contribution in [0.5, 0.6) is 0 Å². The first-order valence-electron chi connectivity index (χ1n) is 7.74. The fourth-order valence-corrected chi connectivity index (χ4v) is 4.92. The minimum absolute atomic E-state index is 0.0263. The van der Waals surface area contributed by atoms with E-state index in [0.717, 1.165) is 17.8 Å². The first-order chi connectivity index (χ1) is 9.88. The summed E-state index contributed by atoms with van der Waals surface area (Å²) in [5, 5.41) is 2.69. The van der Waals surface area contributed by atoms with E-state index in [9.17, 15) is 4.79 Å². The Morgan fingerprint density at radius 2 is 2.29 bits per heavy atom. The van der Waals surface area contributed by atoms with Crippen molar-refractivity contribution < 1.29 is 9.53 Å². The second kappa shape index (κ2) is 5.06. The van der Waals surface area contributed by atoms with E-state index in [0.29, 0.717) is 24.6 Å². The number of rotatable bonds is 4. The highest BCUT2D eigenvalue weighted by atomic mass is 32.1. The molecule has 5 heteroatoms. The number of aromatic nitrogens is 1. The van der Waals surface area contributed by atoms with Crippen molar-refractivity contribution >= 4 is 17.3 Å². The molecule has 3 atom stereocenters. The third-order valence-electron chi connectivity index (χ3n) is 6.08. The molecule has 21 heavy (non-hydrogen) atoms. The summed E-state index contributed by atoms with van der Waals surface area (Å²) in [4.78, 5) is 16.7. The molecule has 2 fully saturated rings. The molecule has 116 valence electrons. The zero-order valence-electron chi connectivity index (χ0n) is 13.0. The van der Waals surface area contributed by atoms with Gasteiger partial charge in [-0.25, -0.2) is 9.78 Å². The number of carbonyl (C=O) groups excluding carboxylic acids is 1. The van der Waals surface area contributed by atoms with Crippen LogP contribution in [0.25, 0.3) is 0 Å². The maximum absolute atomic E-state index is 12.3. The van der Waals surface area contributed by atoms with E-state index in [4.69, 9.17) is 10.5 Å². The first-order valence-corrected chi connectivity index (χ1v) is 8.62. The molecule has 3 unspecified atom stereocenters. The number of fused-ring (bicyclic) bond motifs is 2. The van der Waals surface area contributed by atoms with Gasteiger partial charge in [-0.1, -0.05) is 20.8 Å². The highest BCUT2D eigenvalue weighted by Gasteiger charge is 2.62. The van der Waals surface area contributed by atoms with Crippen molar-refractivity contribution in [3.8, 4) is 0 Å². The summed E-state index contributed by atoms with van der Waals surface area (Å²) in [6.07, 6.45) is 4.15. The van der Waals surface area contributed by atoms with Crippen LogP contribution < -0.4 is 5.73 Å². The van der Waals surface area contributed by atoms with E-state index in [1.54, 1.807) is 5.38 Å². The van der Waals surface area contributed by atoms with Crippen LogP contribution in [0.2, 0.25) is 0 Å². The molecular weight excluding hydrogens is 284 g/mol. The highest BCUT2D eigenvalue weighted by molar-refractivity contribution is 7.09. The molecule has 0 saturated heterocycles. The summed E-state index contributed by atoms with van der Waals surface area (Å²) in [6, 6.07) is 0. The Labute approximate surface area is 130 Å². The number of nitrogens with zero attached hydrogens (tertiary/aromatic N) is 1. The average Bonchev–Trinajstić information content (AvgIpc) is 3.02. The quantitative estimate of drug-likeness (QED) is 0.868. The lowest BCUT2D eigenvalue weighted by Gasteiger charge is -2.38. The maximum atomic E-state index is 12.3. The third-order valence-corrected chi connectivity index (χ3v) is 6.99. The van der Waals surface area contributed by atoms with Gasteiger partial charge in [-0.15, -0.1) is 11.3 Å². The van der Waals surface area contributed by atoms with E-state index >= 15 is 0 Å². The molecule has 0 aliphatic heterocycles. The van der Waals surface area contributed by atoms with Crippen molar-refractivity contribution in [1.82, 2.24) is 4.98 Å². The summed E-state index contributed by atoms with van der Waals surface area (Å²) in [6.45, 7) is 7.47. The van der Waals surface area contributed by atoms with Gasteiger partial charge in [0, 0.05) is 17.2 Å². The molecule has 3 rings (SSSR count). The van der Waals surface area contributed by atoms with Crippen LogP contribution in [0.3, 0.4) is 0 Å². The van der Waals surface area contributed by atoms with Crippen molar-refractivity contribution in [3.05, 3.63) is 16.1 Å². The summed E-state index contributed by atoms with van der Waals surface area (Å²) in [7, 11) is 0. The van der Waals surface area contributed by atoms with Crippen LogP contribution in [0.15, 0.2) is 5.38 Å². The Bertz CT molecular complexity index is 554. The third kappa shape index (κ3) is 2.21. The van der Waals surface area contributed by atoms with E-state index in [-0.39, 0.29) is 22.9 Å². The SMILES string of the molecule is CC1(C)C2CCC1(C)C(OC(=O)c1csc(CCN)n1)C2. The monoisotopic (exact) mass is 308 g/mol. The number of nitrogens with two attached hydrogens (primary N) is 1. The summed E-state index contributed by atoms with van der Waals surface area (Å²) in [5.41, 5.74) is 6.31. The van der Waals surface area contributed by atoms with E-state index in [2.05, 4.69) is 25.8 Å². The Morgan fingerprint density at radius 1 is 1.52 bits per heavy atom. The van der Waals surface area contributed by atoms with Gasteiger partial charge in [-0.3, -0.25) is 0 Å². The van der Waals surface area contributed by atoms with Gasteiger partial charge in [0.2, 0.25) is 0 Å². The van der Waals surface area contributed by atoms with Gasteiger partial charge in [0.25, 0.3) is 0 Å².